The van der Waals surface area contributed by atoms with Gasteiger partial charge in [-0.15, -0.1) is 0 Å². The van der Waals surface area contributed by atoms with Gasteiger partial charge in [-0.25, -0.2) is 9.59 Å². The van der Waals surface area contributed by atoms with Crippen LogP contribution < -0.4 is 5.32 Å². The van der Waals surface area contributed by atoms with E-state index in [1.807, 2.05) is 36.4 Å². The van der Waals surface area contributed by atoms with Gasteiger partial charge in [0, 0.05) is 18.3 Å². The number of rotatable bonds is 6. The quantitative estimate of drug-likeness (QED) is 0.689. The summed E-state index contributed by atoms with van der Waals surface area (Å²) in [6.07, 6.45) is 2.42. The van der Waals surface area contributed by atoms with E-state index in [1.54, 1.807) is 18.5 Å². The van der Waals surface area contributed by atoms with Crippen LogP contribution in [0.4, 0.5) is 4.79 Å². The second kappa shape index (κ2) is 7.56. The Kier molecular flexibility index (Phi) is 4.80. The summed E-state index contributed by atoms with van der Waals surface area (Å²) in [5.74, 6) is -1.23. The summed E-state index contributed by atoms with van der Waals surface area (Å²) in [7, 11) is 0. The first-order valence-corrected chi connectivity index (χ1v) is 8.95. The number of ether oxygens (including phenoxy) is 1. The molecular formula is C21H19N3O4. The number of benzene rings is 2. The highest BCUT2D eigenvalue weighted by molar-refractivity contribution is 5.81. The Morgan fingerprint density at radius 1 is 1.07 bits per heavy atom. The van der Waals surface area contributed by atoms with Gasteiger partial charge in [0.05, 0.1) is 6.54 Å². The summed E-state index contributed by atoms with van der Waals surface area (Å²) >= 11 is 0. The van der Waals surface area contributed by atoms with E-state index in [0.717, 1.165) is 22.3 Å². The molecule has 3 aromatic rings. The van der Waals surface area contributed by atoms with Gasteiger partial charge in [0.25, 0.3) is 0 Å². The molecule has 1 atom stereocenters. The summed E-state index contributed by atoms with van der Waals surface area (Å²) in [5.41, 5.74) is 4.47. The van der Waals surface area contributed by atoms with Crippen molar-refractivity contribution in [3.8, 4) is 11.1 Å². The molecule has 0 aliphatic heterocycles. The number of nitrogens with one attached hydrogen (secondary N) is 1. The van der Waals surface area contributed by atoms with Crippen LogP contribution in [0.15, 0.2) is 67.0 Å². The smallest absolute Gasteiger partial charge is 0.407 e. The van der Waals surface area contributed by atoms with Gasteiger partial charge in [0.1, 0.15) is 12.6 Å². The van der Waals surface area contributed by atoms with Crippen LogP contribution in [0.2, 0.25) is 0 Å². The van der Waals surface area contributed by atoms with Gasteiger partial charge in [-0.05, 0) is 28.3 Å². The second-order valence-electron chi connectivity index (χ2n) is 6.59. The number of carbonyl (C=O) groups excluding carboxylic acids is 1. The minimum atomic E-state index is -1.15. The molecule has 0 saturated carbocycles. The van der Waals surface area contributed by atoms with Gasteiger partial charge in [0.2, 0.25) is 0 Å². The molecule has 0 spiro atoms. The first-order valence-electron chi connectivity index (χ1n) is 8.95. The van der Waals surface area contributed by atoms with Gasteiger partial charge >= 0.3 is 12.1 Å². The van der Waals surface area contributed by atoms with E-state index in [0.29, 0.717) is 0 Å². The van der Waals surface area contributed by atoms with Crippen molar-refractivity contribution in [3.05, 3.63) is 78.1 Å². The molecular weight excluding hydrogens is 358 g/mol. The molecule has 2 aromatic carbocycles. The predicted molar refractivity (Wildman–Crippen MR) is 102 cm³/mol. The van der Waals surface area contributed by atoms with Crippen LogP contribution in [-0.4, -0.2) is 39.6 Å². The van der Waals surface area contributed by atoms with Gasteiger partial charge in [-0.1, -0.05) is 48.5 Å². The van der Waals surface area contributed by atoms with E-state index in [4.69, 9.17) is 4.74 Å². The second-order valence-corrected chi connectivity index (χ2v) is 6.59. The van der Waals surface area contributed by atoms with Crippen molar-refractivity contribution in [3.63, 3.8) is 0 Å². The van der Waals surface area contributed by atoms with Gasteiger partial charge < -0.3 is 15.2 Å². The number of amides is 1. The van der Waals surface area contributed by atoms with E-state index >= 15 is 0 Å². The third-order valence-electron chi connectivity index (χ3n) is 4.86. The molecule has 0 fully saturated rings. The average Bonchev–Trinajstić information content (AvgIpc) is 3.32. The van der Waals surface area contributed by atoms with E-state index in [9.17, 15) is 14.7 Å². The number of carbonyl (C=O) groups is 2. The van der Waals surface area contributed by atoms with Crippen LogP contribution in [0.1, 0.15) is 17.0 Å². The van der Waals surface area contributed by atoms with Crippen LogP contribution in [0, 0.1) is 0 Å². The van der Waals surface area contributed by atoms with E-state index < -0.39 is 18.1 Å². The summed E-state index contributed by atoms with van der Waals surface area (Å²) in [6.45, 7) is 0.153. The van der Waals surface area contributed by atoms with E-state index in [2.05, 4.69) is 22.5 Å². The number of hydrogen-bond acceptors (Lipinski definition) is 4. The molecule has 142 valence electrons. The fourth-order valence-corrected chi connectivity index (χ4v) is 3.56. The molecule has 1 aliphatic carbocycles. The maximum Gasteiger partial charge on any atom is 0.407 e. The standard InChI is InChI=1S/C21H19N3O4/c25-20(26)19(12-24-11-5-10-22-24)23-21(27)28-13-18-16-8-3-1-6-14(16)15-7-2-4-9-17(15)18/h1-11,18-19H,12-13H2,(H,23,27)(H,25,26). The molecule has 2 N–H and O–H groups in total. The van der Waals surface area contributed by atoms with Crippen LogP contribution >= 0.6 is 0 Å². The van der Waals surface area contributed by atoms with E-state index in [1.165, 1.54) is 4.68 Å². The molecule has 1 heterocycles. The highest BCUT2D eigenvalue weighted by Crippen LogP contribution is 2.44. The number of hydrogen-bond donors (Lipinski definition) is 2. The van der Waals surface area contributed by atoms with Gasteiger partial charge in [0.15, 0.2) is 0 Å². The molecule has 28 heavy (non-hydrogen) atoms. The Morgan fingerprint density at radius 3 is 2.29 bits per heavy atom. The normalized spacial score (nSPS) is 13.4. The van der Waals surface area contributed by atoms with Crippen molar-refractivity contribution in [1.82, 2.24) is 15.1 Å². The Bertz CT molecular complexity index is 955. The minimum Gasteiger partial charge on any atom is -0.480 e. The van der Waals surface area contributed by atoms with Crippen molar-refractivity contribution >= 4 is 12.1 Å². The summed E-state index contributed by atoms with van der Waals surface area (Å²) in [6, 6.07) is 16.6. The summed E-state index contributed by atoms with van der Waals surface area (Å²) in [4.78, 5) is 23.7. The lowest BCUT2D eigenvalue weighted by atomic mass is 9.98. The van der Waals surface area contributed by atoms with Crippen LogP contribution in [0.5, 0.6) is 0 Å². The summed E-state index contributed by atoms with van der Waals surface area (Å²) in [5, 5.41) is 15.7. The fourth-order valence-electron chi connectivity index (χ4n) is 3.56. The van der Waals surface area contributed by atoms with Crippen LogP contribution in [-0.2, 0) is 16.1 Å². The largest absolute Gasteiger partial charge is 0.480 e. The van der Waals surface area contributed by atoms with Crippen molar-refractivity contribution in [2.45, 2.75) is 18.5 Å². The number of alkyl carbamates (subject to hydrolysis) is 1. The zero-order valence-electron chi connectivity index (χ0n) is 15.0. The number of aromatic nitrogens is 2. The highest BCUT2D eigenvalue weighted by atomic mass is 16.5. The molecule has 1 aromatic heterocycles. The van der Waals surface area contributed by atoms with Crippen molar-refractivity contribution in [1.29, 1.82) is 0 Å². The number of fused-ring (bicyclic) bond motifs is 3. The average molecular weight is 377 g/mol. The maximum absolute atomic E-state index is 12.2. The monoisotopic (exact) mass is 377 g/mol. The molecule has 0 bridgehead atoms. The molecule has 1 amide bonds. The van der Waals surface area contributed by atoms with Crippen LogP contribution in [0.3, 0.4) is 0 Å². The van der Waals surface area contributed by atoms with Crippen molar-refractivity contribution in [2.24, 2.45) is 0 Å². The fraction of sp³-hybridized carbons (Fsp3) is 0.190. The molecule has 4 rings (SSSR count). The van der Waals surface area contributed by atoms with Gasteiger partial charge in [-0.3, -0.25) is 4.68 Å². The highest BCUT2D eigenvalue weighted by Gasteiger charge is 2.29. The third-order valence-corrected chi connectivity index (χ3v) is 4.86. The molecule has 0 radical (unpaired) electrons. The number of carboxylic acids is 1. The van der Waals surface area contributed by atoms with Crippen molar-refractivity contribution in [2.75, 3.05) is 6.61 Å². The molecule has 7 heteroatoms. The van der Waals surface area contributed by atoms with Gasteiger partial charge in [-0.2, -0.15) is 5.10 Å². The SMILES string of the molecule is O=C(NC(Cn1cccn1)C(=O)O)OCC1c2ccccc2-c2ccccc21. The molecule has 1 aliphatic rings. The minimum absolute atomic E-state index is 0.0204. The predicted octanol–water partition coefficient (Wildman–Crippen LogP) is 2.88. The third kappa shape index (κ3) is 3.46. The van der Waals surface area contributed by atoms with Crippen molar-refractivity contribution < 1.29 is 19.4 Å². The Balaban J connectivity index is 1.44. The Labute approximate surface area is 161 Å². The molecule has 7 nitrogen and oxygen atoms in total. The maximum atomic E-state index is 12.2. The molecule has 0 saturated heterocycles. The first-order chi connectivity index (χ1) is 13.6. The zero-order chi connectivity index (χ0) is 19.5. The first kappa shape index (κ1) is 17.8. The number of nitrogens with zero attached hydrogens (tertiary/aromatic N) is 2. The number of aliphatic carboxylic acids is 1. The summed E-state index contributed by atoms with van der Waals surface area (Å²) < 4.78 is 6.84. The molecule has 1 unspecified atom stereocenters. The van der Waals surface area contributed by atoms with Crippen LogP contribution in [0.25, 0.3) is 11.1 Å². The zero-order valence-corrected chi connectivity index (χ0v) is 15.0. The Hall–Kier alpha value is -3.61. The van der Waals surface area contributed by atoms with E-state index in [-0.39, 0.29) is 19.1 Å². The Morgan fingerprint density at radius 2 is 1.71 bits per heavy atom. The lowest BCUT2D eigenvalue weighted by Gasteiger charge is -2.17. The topological polar surface area (TPSA) is 93.5 Å². The lowest BCUT2D eigenvalue weighted by Crippen LogP contribution is -2.44. The lowest BCUT2D eigenvalue weighted by molar-refractivity contribution is -0.139. The number of carboxylic acid groups (broad SMARTS) is 1.